The van der Waals surface area contributed by atoms with E-state index in [1.54, 1.807) is 0 Å². The Balaban J connectivity index is 2.29. The standard InChI is InChI=1S/C15H13BrClN3/c1-2-20-14-4-3-11(17)8-13(14)19-15(20)9-5-10(16)7-12(18)6-9/h3-8H,2,18H2,1H3. The van der Waals surface area contributed by atoms with Gasteiger partial charge in [-0.15, -0.1) is 0 Å². The van der Waals surface area contributed by atoms with Crippen LogP contribution in [-0.2, 0) is 6.54 Å². The van der Waals surface area contributed by atoms with E-state index in [-0.39, 0.29) is 0 Å². The molecule has 3 aromatic rings. The summed E-state index contributed by atoms with van der Waals surface area (Å²) < 4.78 is 3.10. The average molecular weight is 351 g/mol. The predicted octanol–water partition coefficient (Wildman–Crippen LogP) is 4.72. The van der Waals surface area contributed by atoms with E-state index in [2.05, 4.69) is 27.4 Å². The molecule has 0 aliphatic rings. The van der Waals surface area contributed by atoms with Crippen molar-refractivity contribution in [2.75, 3.05) is 5.73 Å². The zero-order chi connectivity index (χ0) is 14.3. The largest absolute Gasteiger partial charge is 0.399 e. The van der Waals surface area contributed by atoms with Gasteiger partial charge in [0.2, 0.25) is 0 Å². The molecule has 0 bridgehead atoms. The maximum Gasteiger partial charge on any atom is 0.141 e. The Bertz CT molecular complexity index is 775. The van der Waals surface area contributed by atoms with Crippen LogP contribution in [0.3, 0.4) is 0 Å². The van der Waals surface area contributed by atoms with E-state index >= 15 is 0 Å². The lowest BCUT2D eigenvalue weighted by molar-refractivity contribution is 0.796. The minimum Gasteiger partial charge on any atom is -0.399 e. The summed E-state index contributed by atoms with van der Waals surface area (Å²) in [4.78, 5) is 4.70. The van der Waals surface area contributed by atoms with Crippen molar-refractivity contribution in [3.05, 3.63) is 45.9 Å². The van der Waals surface area contributed by atoms with Crippen molar-refractivity contribution < 1.29 is 0 Å². The van der Waals surface area contributed by atoms with Crippen LogP contribution >= 0.6 is 27.5 Å². The van der Waals surface area contributed by atoms with Gasteiger partial charge in [0.05, 0.1) is 11.0 Å². The highest BCUT2D eigenvalue weighted by Gasteiger charge is 2.12. The molecule has 0 atom stereocenters. The first kappa shape index (κ1) is 13.5. The first-order valence-corrected chi connectivity index (χ1v) is 7.48. The van der Waals surface area contributed by atoms with E-state index in [1.165, 1.54) is 0 Å². The minimum absolute atomic E-state index is 0.693. The van der Waals surface area contributed by atoms with Gasteiger partial charge in [0.15, 0.2) is 0 Å². The van der Waals surface area contributed by atoms with E-state index in [0.29, 0.717) is 10.7 Å². The van der Waals surface area contributed by atoms with Crippen molar-refractivity contribution in [1.82, 2.24) is 9.55 Å². The highest BCUT2D eigenvalue weighted by atomic mass is 79.9. The average Bonchev–Trinajstić information content (AvgIpc) is 2.75. The summed E-state index contributed by atoms with van der Waals surface area (Å²) in [7, 11) is 0. The Morgan fingerprint density at radius 2 is 2.05 bits per heavy atom. The van der Waals surface area contributed by atoms with Gasteiger partial charge in [-0.2, -0.15) is 0 Å². The number of nitrogens with two attached hydrogens (primary N) is 1. The van der Waals surface area contributed by atoms with E-state index in [4.69, 9.17) is 22.3 Å². The molecule has 1 heterocycles. The van der Waals surface area contributed by atoms with Crippen molar-refractivity contribution in [3.8, 4) is 11.4 Å². The van der Waals surface area contributed by atoms with Crippen LogP contribution in [0.1, 0.15) is 6.92 Å². The second-order valence-electron chi connectivity index (χ2n) is 4.59. The Labute approximate surface area is 130 Å². The number of nitrogen functional groups attached to an aromatic ring is 1. The molecule has 0 spiro atoms. The molecule has 2 N–H and O–H groups in total. The first-order chi connectivity index (χ1) is 9.58. The number of fused-ring (bicyclic) bond motifs is 1. The molecule has 1 aromatic heterocycles. The summed E-state index contributed by atoms with van der Waals surface area (Å²) in [5.41, 5.74) is 9.59. The third kappa shape index (κ3) is 2.30. The fourth-order valence-electron chi connectivity index (χ4n) is 2.38. The maximum atomic E-state index is 6.04. The van der Waals surface area contributed by atoms with Crippen molar-refractivity contribution in [2.45, 2.75) is 13.5 Å². The Morgan fingerprint density at radius 3 is 2.75 bits per heavy atom. The molecular weight excluding hydrogens is 338 g/mol. The van der Waals surface area contributed by atoms with Gasteiger partial charge < -0.3 is 10.3 Å². The summed E-state index contributed by atoms with van der Waals surface area (Å²) in [6.07, 6.45) is 0. The van der Waals surface area contributed by atoms with Crippen LogP contribution < -0.4 is 5.73 Å². The fraction of sp³-hybridized carbons (Fsp3) is 0.133. The molecule has 0 fully saturated rings. The molecule has 0 unspecified atom stereocenters. The van der Waals surface area contributed by atoms with Crippen molar-refractivity contribution in [3.63, 3.8) is 0 Å². The SMILES string of the molecule is CCn1c(-c2cc(N)cc(Br)c2)nc2cc(Cl)ccc21. The second kappa shape index (κ2) is 5.11. The van der Waals surface area contributed by atoms with E-state index < -0.39 is 0 Å². The van der Waals surface area contributed by atoms with Gasteiger partial charge in [-0.3, -0.25) is 0 Å². The maximum absolute atomic E-state index is 6.04. The number of imidazole rings is 1. The number of benzene rings is 2. The lowest BCUT2D eigenvalue weighted by Crippen LogP contribution is -1.98. The topological polar surface area (TPSA) is 43.8 Å². The Kier molecular flexibility index (Phi) is 3.44. The van der Waals surface area contributed by atoms with Crippen molar-refractivity contribution in [2.24, 2.45) is 0 Å². The van der Waals surface area contributed by atoms with Crippen molar-refractivity contribution in [1.29, 1.82) is 0 Å². The number of hydrogen-bond donors (Lipinski definition) is 1. The lowest BCUT2D eigenvalue weighted by atomic mass is 10.2. The monoisotopic (exact) mass is 349 g/mol. The molecule has 5 heteroatoms. The van der Waals surface area contributed by atoms with Gasteiger partial charge in [-0.05, 0) is 43.3 Å². The molecule has 3 nitrogen and oxygen atoms in total. The number of halogens is 2. The third-order valence-corrected chi connectivity index (χ3v) is 3.90. The molecule has 0 saturated carbocycles. The normalized spacial score (nSPS) is 11.2. The highest BCUT2D eigenvalue weighted by molar-refractivity contribution is 9.10. The first-order valence-electron chi connectivity index (χ1n) is 6.30. The summed E-state index contributed by atoms with van der Waals surface area (Å²) in [6.45, 7) is 2.93. The molecule has 102 valence electrons. The zero-order valence-corrected chi connectivity index (χ0v) is 13.2. The summed E-state index contributed by atoms with van der Waals surface area (Å²) in [5, 5.41) is 0.693. The third-order valence-electron chi connectivity index (χ3n) is 3.20. The van der Waals surface area contributed by atoms with Crippen LogP contribution in [-0.4, -0.2) is 9.55 Å². The van der Waals surface area contributed by atoms with Crippen LogP contribution in [0.5, 0.6) is 0 Å². The number of aryl methyl sites for hydroxylation is 1. The molecule has 0 aliphatic heterocycles. The lowest BCUT2D eigenvalue weighted by Gasteiger charge is -2.07. The quantitative estimate of drug-likeness (QED) is 0.680. The number of hydrogen-bond acceptors (Lipinski definition) is 2. The van der Waals surface area contributed by atoms with Crippen LogP contribution in [0, 0.1) is 0 Å². The van der Waals surface area contributed by atoms with Crippen molar-refractivity contribution >= 4 is 44.3 Å². The zero-order valence-electron chi connectivity index (χ0n) is 10.9. The predicted molar refractivity (Wildman–Crippen MR) is 88.0 cm³/mol. The van der Waals surface area contributed by atoms with Gasteiger partial charge in [-0.25, -0.2) is 4.98 Å². The van der Waals surface area contributed by atoms with Gasteiger partial charge >= 0.3 is 0 Å². The molecule has 20 heavy (non-hydrogen) atoms. The van der Waals surface area contributed by atoms with Gasteiger partial charge in [0, 0.05) is 27.3 Å². The Hall–Kier alpha value is -1.52. The molecule has 2 aromatic carbocycles. The minimum atomic E-state index is 0.693. The molecule has 0 saturated heterocycles. The van der Waals surface area contributed by atoms with E-state index in [9.17, 15) is 0 Å². The van der Waals surface area contributed by atoms with Crippen LogP contribution in [0.15, 0.2) is 40.9 Å². The fourth-order valence-corrected chi connectivity index (χ4v) is 3.06. The molecule has 0 radical (unpaired) electrons. The molecular formula is C15H13BrClN3. The highest BCUT2D eigenvalue weighted by Crippen LogP contribution is 2.29. The smallest absolute Gasteiger partial charge is 0.141 e. The van der Waals surface area contributed by atoms with E-state index in [0.717, 1.165) is 33.4 Å². The van der Waals surface area contributed by atoms with Crippen LogP contribution in [0.2, 0.25) is 5.02 Å². The molecule has 0 amide bonds. The summed E-state index contributed by atoms with van der Waals surface area (Å²) >= 11 is 9.52. The van der Waals surface area contributed by atoms with Gasteiger partial charge in [0.1, 0.15) is 5.82 Å². The number of rotatable bonds is 2. The van der Waals surface area contributed by atoms with Gasteiger partial charge in [0.25, 0.3) is 0 Å². The Morgan fingerprint density at radius 1 is 1.25 bits per heavy atom. The van der Waals surface area contributed by atoms with Gasteiger partial charge in [-0.1, -0.05) is 27.5 Å². The summed E-state index contributed by atoms with van der Waals surface area (Å²) in [6, 6.07) is 11.6. The number of anilines is 1. The van der Waals surface area contributed by atoms with Crippen LogP contribution in [0.4, 0.5) is 5.69 Å². The molecule has 0 aliphatic carbocycles. The molecule has 3 rings (SSSR count). The summed E-state index contributed by atoms with van der Waals surface area (Å²) in [5.74, 6) is 0.901. The number of aromatic nitrogens is 2. The van der Waals surface area contributed by atoms with Crippen LogP contribution in [0.25, 0.3) is 22.4 Å². The second-order valence-corrected chi connectivity index (χ2v) is 5.94. The number of nitrogens with zero attached hydrogens (tertiary/aromatic N) is 2. The van der Waals surface area contributed by atoms with E-state index in [1.807, 2.05) is 36.4 Å².